The molecule has 9 heteroatoms. The number of carbonyl (C=O) groups excluding carboxylic acids is 1. The van der Waals surface area contributed by atoms with Gasteiger partial charge >= 0.3 is 6.18 Å². The van der Waals surface area contributed by atoms with Gasteiger partial charge in [-0.1, -0.05) is 6.92 Å². The highest BCUT2D eigenvalue weighted by Crippen LogP contribution is 2.37. The minimum absolute atomic E-state index is 0.0364. The number of nitrogens with zero attached hydrogens (tertiary/aromatic N) is 3. The number of halogens is 3. The molecule has 2 N–H and O–H groups in total. The molecule has 24 heavy (non-hydrogen) atoms. The van der Waals surface area contributed by atoms with E-state index in [2.05, 4.69) is 15.3 Å². The van der Waals surface area contributed by atoms with Crippen molar-refractivity contribution in [3.8, 4) is 0 Å². The van der Waals surface area contributed by atoms with Gasteiger partial charge in [-0.3, -0.25) is 14.7 Å². The Balaban J connectivity index is 2.06. The van der Waals surface area contributed by atoms with E-state index in [0.29, 0.717) is 5.52 Å². The number of nitrogens with one attached hydrogen (secondary N) is 1. The van der Waals surface area contributed by atoms with Gasteiger partial charge in [0.25, 0.3) is 0 Å². The zero-order valence-electron chi connectivity index (χ0n) is 13.0. The molecule has 0 unspecified atom stereocenters. The lowest BCUT2D eigenvalue weighted by molar-refractivity contribution is -0.141. The van der Waals surface area contributed by atoms with Crippen LogP contribution in [-0.2, 0) is 11.0 Å². The lowest BCUT2D eigenvalue weighted by Crippen LogP contribution is -2.27. The lowest BCUT2D eigenvalue weighted by Gasteiger charge is -2.28. The van der Waals surface area contributed by atoms with Gasteiger partial charge in [0.15, 0.2) is 5.65 Å². The van der Waals surface area contributed by atoms with Crippen molar-refractivity contribution in [3.63, 3.8) is 0 Å². The summed E-state index contributed by atoms with van der Waals surface area (Å²) < 4.78 is 40.3. The smallest absolute Gasteiger partial charge is 0.396 e. The highest BCUT2D eigenvalue weighted by molar-refractivity contribution is 5.92. The van der Waals surface area contributed by atoms with E-state index in [1.807, 2.05) is 0 Å². The first kappa shape index (κ1) is 16.7. The molecule has 0 aromatic carbocycles. The molecule has 1 fully saturated rings. The first-order valence-corrected chi connectivity index (χ1v) is 7.69. The maximum absolute atomic E-state index is 12.9. The predicted octanol–water partition coefficient (Wildman–Crippen LogP) is 2.74. The molecule has 1 amide bonds. The average Bonchev–Trinajstić information content (AvgIpc) is 2.81. The number of rotatable bonds is 4. The van der Waals surface area contributed by atoms with Crippen LogP contribution in [0.25, 0.3) is 11.2 Å². The van der Waals surface area contributed by atoms with Crippen LogP contribution < -0.4 is 5.32 Å². The minimum atomic E-state index is -4.54. The van der Waals surface area contributed by atoms with Gasteiger partial charge < -0.3 is 5.11 Å². The lowest BCUT2D eigenvalue weighted by atomic mass is 9.93. The van der Waals surface area contributed by atoms with E-state index in [-0.39, 0.29) is 24.2 Å². The van der Waals surface area contributed by atoms with Crippen LogP contribution >= 0.6 is 0 Å². The van der Waals surface area contributed by atoms with Crippen molar-refractivity contribution >= 4 is 23.0 Å². The number of anilines is 1. The van der Waals surface area contributed by atoms with Crippen LogP contribution in [-0.4, -0.2) is 32.2 Å². The van der Waals surface area contributed by atoms with Crippen molar-refractivity contribution in [2.45, 2.75) is 38.4 Å². The van der Waals surface area contributed by atoms with E-state index in [9.17, 15) is 18.0 Å². The number of hydrogen-bond donors (Lipinski definition) is 2. The Morgan fingerprint density at radius 2 is 2.12 bits per heavy atom. The number of hydrogen-bond acceptors (Lipinski definition) is 4. The topological polar surface area (TPSA) is 80.0 Å². The van der Waals surface area contributed by atoms with Gasteiger partial charge in [-0.05, 0) is 31.4 Å². The van der Waals surface area contributed by atoms with E-state index in [1.165, 1.54) is 6.07 Å². The summed E-state index contributed by atoms with van der Waals surface area (Å²) in [5.74, 6) is -0.908. The molecule has 0 saturated heterocycles. The number of pyridine rings is 1. The molecule has 1 aliphatic rings. The Kier molecular flexibility index (Phi) is 4.20. The fourth-order valence-electron chi connectivity index (χ4n) is 2.53. The van der Waals surface area contributed by atoms with Gasteiger partial charge in [-0.25, -0.2) is 9.97 Å². The molecule has 130 valence electrons. The molecular weight excluding hydrogens is 325 g/mol. The molecule has 6 nitrogen and oxygen atoms in total. The number of alkyl halides is 3. The Hall–Kier alpha value is -2.16. The number of aromatic nitrogens is 3. The molecular formula is C15H17F3N4O2. The van der Waals surface area contributed by atoms with Crippen LogP contribution in [0.5, 0.6) is 0 Å². The minimum Gasteiger partial charge on any atom is -0.396 e. The van der Waals surface area contributed by atoms with Gasteiger partial charge in [0.05, 0.1) is 12.5 Å². The number of carbonyl (C=O) groups is 1. The number of imidazole rings is 1. The SMILES string of the molecule is C[C@H](CO)C(=O)Nc1nc2ccc(C(F)(F)F)nc2n1C1CCC1. The molecule has 0 spiro atoms. The molecule has 1 aliphatic carbocycles. The van der Waals surface area contributed by atoms with Crippen molar-refractivity contribution in [2.24, 2.45) is 5.92 Å². The maximum atomic E-state index is 12.9. The quantitative estimate of drug-likeness (QED) is 0.895. The van der Waals surface area contributed by atoms with E-state index < -0.39 is 23.7 Å². The van der Waals surface area contributed by atoms with Crippen LogP contribution in [0, 0.1) is 5.92 Å². The summed E-state index contributed by atoms with van der Waals surface area (Å²) in [4.78, 5) is 19.9. The van der Waals surface area contributed by atoms with Gasteiger partial charge in [0, 0.05) is 6.04 Å². The summed E-state index contributed by atoms with van der Waals surface area (Å²) in [5.41, 5.74) is -0.583. The summed E-state index contributed by atoms with van der Waals surface area (Å²) in [6, 6.07) is 2.10. The zero-order chi connectivity index (χ0) is 17.5. The molecule has 2 aromatic rings. The first-order chi connectivity index (χ1) is 11.3. The van der Waals surface area contributed by atoms with Gasteiger partial charge in [0.2, 0.25) is 11.9 Å². The predicted molar refractivity (Wildman–Crippen MR) is 80.3 cm³/mol. The average molecular weight is 342 g/mol. The van der Waals surface area contributed by atoms with Crippen LogP contribution in [0.15, 0.2) is 12.1 Å². The Morgan fingerprint density at radius 3 is 2.67 bits per heavy atom. The van der Waals surface area contributed by atoms with Crippen molar-refractivity contribution in [2.75, 3.05) is 11.9 Å². The number of fused-ring (bicyclic) bond motifs is 1. The van der Waals surface area contributed by atoms with Crippen molar-refractivity contribution < 1.29 is 23.1 Å². The molecule has 1 atom stereocenters. The number of amides is 1. The van der Waals surface area contributed by atoms with Gasteiger partial charge in [-0.2, -0.15) is 13.2 Å². The number of aliphatic hydroxyl groups is 1. The highest BCUT2D eigenvalue weighted by atomic mass is 19.4. The Morgan fingerprint density at radius 1 is 1.42 bits per heavy atom. The second-order valence-electron chi connectivity index (χ2n) is 6.00. The normalized spacial score (nSPS) is 16.9. The third-order valence-electron chi connectivity index (χ3n) is 4.22. The molecule has 0 radical (unpaired) electrons. The molecule has 3 rings (SSSR count). The highest BCUT2D eigenvalue weighted by Gasteiger charge is 2.34. The van der Waals surface area contributed by atoms with E-state index >= 15 is 0 Å². The maximum Gasteiger partial charge on any atom is 0.433 e. The van der Waals surface area contributed by atoms with Crippen LogP contribution in [0.3, 0.4) is 0 Å². The van der Waals surface area contributed by atoms with E-state index in [1.54, 1.807) is 11.5 Å². The molecule has 2 aromatic heterocycles. The van der Waals surface area contributed by atoms with Gasteiger partial charge in [0.1, 0.15) is 11.2 Å². The zero-order valence-corrected chi connectivity index (χ0v) is 13.0. The Labute approximate surface area is 135 Å². The van der Waals surface area contributed by atoms with Crippen LogP contribution in [0.2, 0.25) is 0 Å². The monoisotopic (exact) mass is 342 g/mol. The summed E-state index contributed by atoms with van der Waals surface area (Å²) in [7, 11) is 0. The molecule has 2 heterocycles. The van der Waals surface area contributed by atoms with Crippen LogP contribution in [0.1, 0.15) is 37.9 Å². The number of aliphatic hydroxyl groups excluding tert-OH is 1. The van der Waals surface area contributed by atoms with Gasteiger partial charge in [-0.15, -0.1) is 0 Å². The summed E-state index contributed by atoms with van der Waals surface area (Å²) in [6.45, 7) is 1.22. The summed E-state index contributed by atoms with van der Waals surface area (Å²) >= 11 is 0. The first-order valence-electron chi connectivity index (χ1n) is 7.69. The second-order valence-corrected chi connectivity index (χ2v) is 6.00. The van der Waals surface area contributed by atoms with Crippen molar-refractivity contribution in [3.05, 3.63) is 17.8 Å². The Bertz CT molecular complexity index is 768. The second kappa shape index (κ2) is 6.04. The largest absolute Gasteiger partial charge is 0.433 e. The van der Waals surface area contributed by atoms with Crippen molar-refractivity contribution in [1.82, 2.24) is 14.5 Å². The third kappa shape index (κ3) is 2.95. The standard InChI is InChI=1S/C15H17F3N4O2/c1-8(7-23)13(24)21-14-19-10-5-6-11(15(16,17)18)20-12(10)22(14)9-3-2-4-9/h5-6,8-9,23H,2-4,7H2,1H3,(H,19,21,24)/t8-/m1/s1. The molecule has 1 saturated carbocycles. The van der Waals surface area contributed by atoms with E-state index in [0.717, 1.165) is 25.3 Å². The fourth-order valence-corrected chi connectivity index (χ4v) is 2.53. The van der Waals surface area contributed by atoms with Crippen molar-refractivity contribution in [1.29, 1.82) is 0 Å². The van der Waals surface area contributed by atoms with E-state index in [4.69, 9.17) is 5.11 Å². The van der Waals surface area contributed by atoms with Crippen LogP contribution in [0.4, 0.5) is 19.1 Å². The fraction of sp³-hybridized carbons (Fsp3) is 0.533. The summed E-state index contributed by atoms with van der Waals surface area (Å²) in [5, 5.41) is 11.6. The third-order valence-corrected chi connectivity index (χ3v) is 4.22. The molecule has 0 bridgehead atoms. The summed E-state index contributed by atoms with van der Waals surface area (Å²) in [6.07, 6.45) is -1.99. The molecule has 0 aliphatic heterocycles.